The largest absolute Gasteiger partial charge is 0.445 e. The summed E-state index contributed by atoms with van der Waals surface area (Å²) < 4.78 is 21.6. The molecule has 0 bridgehead atoms. The van der Waals surface area contributed by atoms with Gasteiger partial charge < -0.3 is 47.0 Å². The van der Waals surface area contributed by atoms with Gasteiger partial charge >= 0.3 is 25.7 Å². The fourth-order valence-corrected chi connectivity index (χ4v) is 25.4. The second-order valence-corrected chi connectivity index (χ2v) is 43.8. The van der Waals surface area contributed by atoms with E-state index in [1.165, 1.54) is 0 Å². The molecule has 0 heterocycles. The lowest BCUT2D eigenvalue weighted by Crippen LogP contribution is -2.55. The topological polar surface area (TPSA) is 176 Å². The highest BCUT2D eigenvalue weighted by atomic mass is 28.5. The molecule has 0 saturated heterocycles. The molecule has 0 amide bonds. The molecule has 0 spiro atoms. The van der Waals surface area contributed by atoms with E-state index >= 15 is 0 Å². The molecular weight excluding hydrogens is 595 g/mol. The minimum absolute atomic E-state index is 1.36. The lowest BCUT2D eigenvalue weighted by molar-refractivity contribution is 0.321. The summed E-state index contributed by atoms with van der Waals surface area (Å²) in [6.45, 7) is 34.7. The molecule has 36 heavy (non-hydrogen) atoms. The van der Waals surface area contributed by atoms with Crippen molar-refractivity contribution in [1.29, 1.82) is 0 Å². The average molecular weight is 658 g/mol. The molecule has 0 radical (unpaired) electrons. The summed E-state index contributed by atoms with van der Waals surface area (Å²) >= 11 is 0. The first-order valence-corrected chi connectivity index (χ1v) is 36.5. The van der Waals surface area contributed by atoms with Crippen molar-refractivity contribution < 1.29 is 30.8 Å². The molecule has 0 aliphatic carbocycles. The maximum absolute atomic E-state index is 9.30. The van der Waals surface area contributed by atoms with Crippen LogP contribution in [0.1, 0.15) is 0 Å². The number of rotatable bonds is 8. The molecule has 0 aliphatic heterocycles. The van der Waals surface area contributed by atoms with Crippen molar-refractivity contribution in [2.75, 3.05) is 0 Å². The summed E-state index contributed by atoms with van der Waals surface area (Å²) in [7, 11) is -15.5. The third kappa shape index (κ3) is 64.9. The summed E-state index contributed by atoms with van der Waals surface area (Å²) in [4.78, 5) is 27.6. The lowest BCUT2D eigenvalue weighted by atomic mass is 11.8. The van der Waals surface area contributed by atoms with E-state index in [0.717, 1.165) is 0 Å². The van der Waals surface area contributed by atoms with Crippen LogP contribution >= 0.6 is 0 Å². The summed E-state index contributed by atoms with van der Waals surface area (Å²) in [6, 6.07) is 0. The van der Waals surface area contributed by atoms with E-state index in [4.69, 9.17) is 42.2 Å². The first-order valence-electron chi connectivity index (χ1n) is 12.2. The van der Waals surface area contributed by atoms with Crippen molar-refractivity contribution in [2.45, 2.75) is 118 Å². The predicted octanol–water partition coefficient (Wildman–Crippen LogP) is 3.75. The molecule has 0 rings (SSSR count). The molecule has 0 saturated carbocycles. The van der Waals surface area contributed by atoms with Crippen molar-refractivity contribution >= 4 is 67.8 Å². The van der Waals surface area contributed by atoms with E-state index in [0.29, 0.717) is 0 Å². The number of nitrogens with two attached hydrogens (primary N) is 3. The molecule has 224 valence electrons. The van der Waals surface area contributed by atoms with Gasteiger partial charge in [-0.05, 0) is 118 Å². The van der Waals surface area contributed by atoms with Gasteiger partial charge in [-0.1, -0.05) is 0 Å². The van der Waals surface area contributed by atoms with E-state index in [1.54, 1.807) is 39.3 Å². The summed E-state index contributed by atoms with van der Waals surface area (Å²) in [5.41, 5.74) is 0. The van der Waals surface area contributed by atoms with Crippen LogP contribution in [0.2, 0.25) is 118 Å². The second kappa shape index (κ2) is 15.9. The van der Waals surface area contributed by atoms with Crippen LogP contribution in [0.25, 0.3) is 0 Å². The predicted molar refractivity (Wildman–Crippen MR) is 175 cm³/mol. The van der Waals surface area contributed by atoms with Crippen LogP contribution in [0, 0.1) is 0 Å². The highest BCUT2D eigenvalue weighted by Crippen LogP contribution is 2.10. The molecule has 0 fully saturated rings. The van der Waals surface area contributed by atoms with Crippen LogP contribution < -0.4 is 16.2 Å². The third-order valence-corrected chi connectivity index (χ3v) is 19.4. The molecular formula is C18H63N3O7Si8. The van der Waals surface area contributed by atoms with Crippen LogP contribution in [-0.4, -0.2) is 82.1 Å². The van der Waals surface area contributed by atoms with Gasteiger partial charge in [0.1, 0.15) is 0 Å². The molecule has 0 atom stereocenters. The molecule has 0 aromatic heterocycles. The molecule has 0 unspecified atom stereocenters. The monoisotopic (exact) mass is 657 g/mol. The maximum Gasteiger partial charge on any atom is 0.320 e. The van der Waals surface area contributed by atoms with Gasteiger partial charge in [0.25, 0.3) is 0 Å². The standard InChI is InChI=1S/C5H17NOSi2.C5H16O2Si2.C4H16N2OSi2.C4H14O3Si2/c2*1-8(2,3)7-9(4,5)6;2*1-8(2,5)7-9(3,4)6/h6H2,1-5H3;6H,1-5H3;5-6H2,1-4H3;5-6H,1-4H3. The van der Waals surface area contributed by atoms with Gasteiger partial charge in [0, 0.05) is 0 Å². The normalized spacial score (nSPS) is 14.0. The Hall–Kier alpha value is 1.34. The van der Waals surface area contributed by atoms with E-state index in [-0.39, 0.29) is 0 Å². The third-order valence-electron chi connectivity index (χ3n) is 2.15. The molecule has 10 nitrogen and oxygen atoms in total. The van der Waals surface area contributed by atoms with Crippen LogP contribution in [0.5, 0.6) is 0 Å². The lowest BCUT2D eigenvalue weighted by Gasteiger charge is -2.27. The SMILES string of the molecule is C[Si](C)(C)O[Si](C)(C)N.C[Si](C)(C)O[Si](C)(C)O.C[Si](C)(N)O[Si](C)(C)N.C[Si](C)(O)O[Si](C)(C)O. The Balaban J connectivity index is -0.000000190. The van der Waals surface area contributed by atoms with Gasteiger partial charge in [0.15, 0.2) is 16.6 Å². The zero-order valence-corrected chi connectivity index (χ0v) is 34.7. The van der Waals surface area contributed by atoms with Gasteiger partial charge in [-0.3, -0.25) is 0 Å². The van der Waals surface area contributed by atoms with E-state index < -0.39 is 67.8 Å². The summed E-state index contributed by atoms with van der Waals surface area (Å²) in [5, 5.41) is 17.2. The zero-order valence-electron chi connectivity index (χ0n) is 26.7. The van der Waals surface area contributed by atoms with E-state index in [9.17, 15) is 4.80 Å². The van der Waals surface area contributed by atoms with Gasteiger partial charge in [-0.25, -0.2) is 0 Å². The average Bonchev–Trinajstić information content (AvgIpc) is 2.19. The second-order valence-electron chi connectivity index (χ2n) is 13.8. The van der Waals surface area contributed by atoms with Crippen molar-refractivity contribution in [3.63, 3.8) is 0 Å². The van der Waals surface area contributed by atoms with Crippen molar-refractivity contribution in [3.05, 3.63) is 0 Å². The van der Waals surface area contributed by atoms with Gasteiger partial charge in [-0.2, -0.15) is 0 Å². The molecule has 0 aromatic carbocycles. The minimum atomic E-state index is -2.48. The summed E-state index contributed by atoms with van der Waals surface area (Å²) in [6.07, 6.45) is 0. The highest BCUT2D eigenvalue weighted by Gasteiger charge is 2.30. The van der Waals surface area contributed by atoms with Crippen molar-refractivity contribution in [2.24, 2.45) is 16.2 Å². The van der Waals surface area contributed by atoms with Crippen molar-refractivity contribution in [1.82, 2.24) is 0 Å². The Morgan fingerprint density at radius 3 is 0.528 bits per heavy atom. The van der Waals surface area contributed by atoms with E-state index in [1.807, 2.05) is 39.3 Å². The quantitative estimate of drug-likeness (QED) is 0.211. The molecule has 0 aliphatic rings. The Bertz CT molecular complexity index is 427. The Morgan fingerprint density at radius 2 is 0.528 bits per heavy atom. The Morgan fingerprint density at radius 1 is 0.333 bits per heavy atom. The van der Waals surface area contributed by atoms with Gasteiger partial charge in [-0.15, -0.1) is 0 Å². The fraction of sp³-hybridized carbons (Fsp3) is 1.00. The first kappa shape index (κ1) is 44.4. The first-order chi connectivity index (χ1) is 14.8. The minimum Gasteiger partial charge on any atom is -0.445 e. The van der Waals surface area contributed by atoms with Crippen LogP contribution in [0.4, 0.5) is 0 Å². The zero-order chi connectivity index (χ0) is 30.8. The smallest absolute Gasteiger partial charge is 0.320 e. The Labute approximate surface area is 231 Å². The van der Waals surface area contributed by atoms with Crippen LogP contribution in [0.3, 0.4) is 0 Å². The molecule has 9 N–H and O–H groups in total. The van der Waals surface area contributed by atoms with Gasteiger partial charge in [0.05, 0.1) is 0 Å². The Kier molecular flexibility index (Phi) is 19.7. The fourth-order valence-electron chi connectivity index (χ4n) is 2.83. The van der Waals surface area contributed by atoms with Crippen molar-refractivity contribution in [3.8, 4) is 0 Å². The maximum atomic E-state index is 9.30. The summed E-state index contributed by atoms with van der Waals surface area (Å²) in [5.74, 6) is 0. The van der Waals surface area contributed by atoms with Crippen LogP contribution in [-0.2, 0) is 16.5 Å². The molecule has 18 heteroatoms. The molecule has 0 aromatic rings. The van der Waals surface area contributed by atoms with E-state index in [2.05, 4.69) is 39.3 Å². The van der Waals surface area contributed by atoms with Crippen LogP contribution in [0.15, 0.2) is 0 Å². The number of hydrogen-bond acceptors (Lipinski definition) is 10. The highest BCUT2D eigenvalue weighted by molar-refractivity contribution is 6.83. The number of hydrogen-bond donors (Lipinski definition) is 6. The van der Waals surface area contributed by atoms with Gasteiger partial charge in [0.2, 0.25) is 25.4 Å².